The van der Waals surface area contributed by atoms with E-state index in [0.29, 0.717) is 5.69 Å². The van der Waals surface area contributed by atoms with Crippen LogP contribution >= 0.6 is 0 Å². The molecule has 3 heteroatoms. The molecule has 0 N–H and O–H groups in total. The molecule has 0 aliphatic rings. The summed E-state index contributed by atoms with van der Waals surface area (Å²) in [6, 6.07) is 0. The van der Waals surface area contributed by atoms with Gasteiger partial charge in [0.1, 0.15) is 5.69 Å². The van der Waals surface area contributed by atoms with E-state index in [0.717, 1.165) is 5.69 Å². The molecule has 0 aliphatic heterocycles. The van der Waals surface area contributed by atoms with Crippen molar-refractivity contribution in [3.05, 3.63) is 23.5 Å². The van der Waals surface area contributed by atoms with Crippen molar-refractivity contribution in [3.8, 4) is 0 Å². The van der Waals surface area contributed by atoms with E-state index in [-0.39, 0.29) is 5.41 Å². The zero-order valence-corrected chi connectivity index (χ0v) is 7.85. The molecule has 0 saturated heterocycles. The molecule has 0 aliphatic carbocycles. The summed E-state index contributed by atoms with van der Waals surface area (Å²) >= 11 is 0. The van der Waals surface area contributed by atoms with Crippen molar-refractivity contribution >= 4 is 0 Å². The molecule has 0 atom stereocenters. The van der Waals surface area contributed by atoms with Crippen molar-refractivity contribution < 1.29 is 4.39 Å². The predicted octanol–water partition coefficient (Wildman–Crippen LogP) is 2.22. The fourth-order valence-electron chi connectivity index (χ4n) is 0.940. The topological polar surface area (TPSA) is 25.8 Å². The van der Waals surface area contributed by atoms with Crippen LogP contribution in [0.5, 0.6) is 0 Å². The highest BCUT2D eigenvalue weighted by molar-refractivity contribution is 5.12. The van der Waals surface area contributed by atoms with Gasteiger partial charge in [-0.15, -0.1) is 0 Å². The molecular weight excluding hydrogens is 155 g/mol. The maximum absolute atomic E-state index is 13.1. The fraction of sp³-hybridized carbons (Fsp3) is 0.556. The maximum atomic E-state index is 13.1. The maximum Gasteiger partial charge on any atom is 0.235 e. The first-order valence-corrected chi connectivity index (χ1v) is 3.91. The third-order valence-electron chi connectivity index (χ3n) is 1.56. The number of hydrogen-bond donors (Lipinski definition) is 0. The first-order chi connectivity index (χ1) is 5.41. The lowest BCUT2D eigenvalue weighted by Crippen LogP contribution is -2.17. The molecule has 0 bridgehead atoms. The molecule has 0 unspecified atom stereocenters. The molecule has 0 saturated carbocycles. The van der Waals surface area contributed by atoms with Gasteiger partial charge in [0.05, 0.1) is 11.9 Å². The standard InChI is InChI=1S/C9H13FN2/c1-6-5-11-8(10)7(12-6)9(2,3)4/h5H,1-4H3. The smallest absolute Gasteiger partial charge is 0.235 e. The second kappa shape index (κ2) is 2.81. The molecule has 0 fully saturated rings. The first-order valence-electron chi connectivity index (χ1n) is 3.91. The molecule has 1 heterocycles. The summed E-state index contributed by atoms with van der Waals surface area (Å²) in [6.45, 7) is 7.56. The van der Waals surface area contributed by atoms with Crippen molar-refractivity contribution in [1.29, 1.82) is 0 Å². The predicted molar refractivity (Wildman–Crippen MR) is 45.4 cm³/mol. The Kier molecular flexibility index (Phi) is 2.13. The summed E-state index contributed by atoms with van der Waals surface area (Å²) < 4.78 is 13.1. The van der Waals surface area contributed by atoms with E-state index in [9.17, 15) is 4.39 Å². The molecule has 0 amide bonds. The highest BCUT2D eigenvalue weighted by Gasteiger charge is 2.20. The number of hydrogen-bond acceptors (Lipinski definition) is 2. The van der Waals surface area contributed by atoms with Crippen LogP contribution in [0.15, 0.2) is 6.20 Å². The Morgan fingerprint density at radius 2 is 1.92 bits per heavy atom. The van der Waals surface area contributed by atoms with Crippen molar-refractivity contribution in [2.24, 2.45) is 0 Å². The number of aryl methyl sites for hydroxylation is 1. The number of rotatable bonds is 0. The lowest BCUT2D eigenvalue weighted by molar-refractivity contribution is 0.477. The minimum atomic E-state index is -0.465. The van der Waals surface area contributed by atoms with Gasteiger partial charge in [-0.05, 0) is 6.92 Å². The minimum absolute atomic E-state index is 0.275. The molecule has 1 aromatic rings. The second-order valence-corrected chi connectivity index (χ2v) is 3.90. The third-order valence-corrected chi connectivity index (χ3v) is 1.56. The first kappa shape index (κ1) is 9.10. The number of halogens is 1. The van der Waals surface area contributed by atoms with Crippen LogP contribution in [0, 0.1) is 12.9 Å². The van der Waals surface area contributed by atoms with Gasteiger partial charge in [0.25, 0.3) is 0 Å². The fourth-order valence-corrected chi connectivity index (χ4v) is 0.940. The zero-order valence-electron chi connectivity index (χ0n) is 7.85. The Labute approximate surface area is 71.9 Å². The Balaban J connectivity index is 3.23. The summed E-state index contributed by atoms with van der Waals surface area (Å²) in [6.07, 6.45) is 1.44. The van der Waals surface area contributed by atoms with Crippen LogP contribution in [0.1, 0.15) is 32.2 Å². The summed E-state index contributed by atoms with van der Waals surface area (Å²) in [5.41, 5.74) is 0.909. The van der Waals surface area contributed by atoms with Crippen LogP contribution < -0.4 is 0 Å². The van der Waals surface area contributed by atoms with Gasteiger partial charge >= 0.3 is 0 Å². The van der Waals surface area contributed by atoms with Gasteiger partial charge in [0.15, 0.2) is 0 Å². The van der Waals surface area contributed by atoms with Crippen LogP contribution in [0.3, 0.4) is 0 Å². The average molecular weight is 168 g/mol. The molecule has 0 aromatic carbocycles. The van der Waals surface area contributed by atoms with Gasteiger partial charge in [-0.3, -0.25) is 4.98 Å². The molecule has 1 rings (SSSR count). The molecule has 66 valence electrons. The Morgan fingerprint density at radius 3 is 2.33 bits per heavy atom. The normalized spacial score (nSPS) is 11.8. The van der Waals surface area contributed by atoms with Crippen LogP contribution in [0.4, 0.5) is 4.39 Å². The Morgan fingerprint density at radius 1 is 1.33 bits per heavy atom. The zero-order chi connectivity index (χ0) is 9.35. The summed E-state index contributed by atoms with van der Waals surface area (Å²) in [7, 11) is 0. The van der Waals surface area contributed by atoms with Gasteiger partial charge < -0.3 is 0 Å². The van der Waals surface area contributed by atoms with Gasteiger partial charge in [-0.1, -0.05) is 20.8 Å². The van der Waals surface area contributed by atoms with E-state index < -0.39 is 5.95 Å². The Bertz CT molecular complexity index is 289. The van der Waals surface area contributed by atoms with Gasteiger partial charge in [0, 0.05) is 5.41 Å². The van der Waals surface area contributed by atoms with Crippen molar-refractivity contribution in [3.63, 3.8) is 0 Å². The molecule has 2 nitrogen and oxygen atoms in total. The van der Waals surface area contributed by atoms with Crippen LogP contribution in [-0.2, 0) is 5.41 Å². The second-order valence-electron chi connectivity index (χ2n) is 3.90. The van der Waals surface area contributed by atoms with E-state index in [1.54, 1.807) is 0 Å². The summed E-state index contributed by atoms with van der Waals surface area (Å²) in [4.78, 5) is 7.72. The average Bonchev–Trinajstić information content (AvgIpc) is 1.92. The monoisotopic (exact) mass is 168 g/mol. The van der Waals surface area contributed by atoms with Crippen molar-refractivity contribution in [1.82, 2.24) is 9.97 Å². The minimum Gasteiger partial charge on any atom is -0.251 e. The van der Waals surface area contributed by atoms with Gasteiger partial charge in [-0.2, -0.15) is 4.39 Å². The molecule has 1 aromatic heterocycles. The Hall–Kier alpha value is -0.990. The van der Waals surface area contributed by atoms with E-state index >= 15 is 0 Å². The largest absolute Gasteiger partial charge is 0.251 e. The van der Waals surface area contributed by atoms with Gasteiger partial charge in [-0.25, -0.2) is 4.98 Å². The van der Waals surface area contributed by atoms with E-state index in [1.807, 2.05) is 27.7 Å². The highest BCUT2D eigenvalue weighted by Crippen LogP contribution is 2.21. The van der Waals surface area contributed by atoms with Gasteiger partial charge in [0.2, 0.25) is 5.95 Å². The van der Waals surface area contributed by atoms with Crippen molar-refractivity contribution in [2.75, 3.05) is 0 Å². The molecular formula is C9H13FN2. The molecule has 0 spiro atoms. The summed E-state index contributed by atoms with van der Waals surface area (Å²) in [5, 5.41) is 0. The highest BCUT2D eigenvalue weighted by atomic mass is 19.1. The number of nitrogens with zero attached hydrogens (tertiary/aromatic N) is 2. The lowest BCUT2D eigenvalue weighted by Gasteiger charge is -2.17. The SMILES string of the molecule is Cc1cnc(F)c(C(C)(C)C)n1. The summed E-state index contributed by atoms with van der Waals surface area (Å²) in [5.74, 6) is -0.465. The molecule has 12 heavy (non-hydrogen) atoms. The van der Waals surface area contributed by atoms with Crippen LogP contribution in [0.25, 0.3) is 0 Å². The third kappa shape index (κ3) is 1.78. The van der Waals surface area contributed by atoms with Crippen molar-refractivity contribution in [2.45, 2.75) is 33.1 Å². The molecule has 0 radical (unpaired) electrons. The quantitative estimate of drug-likeness (QED) is 0.593. The van der Waals surface area contributed by atoms with Crippen LogP contribution in [-0.4, -0.2) is 9.97 Å². The van der Waals surface area contributed by atoms with E-state index in [4.69, 9.17) is 0 Å². The van der Waals surface area contributed by atoms with E-state index in [1.165, 1.54) is 6.20 Å². The van der Waals surface area contributed by atoms with E-state index in [2.05, 4.69) is 9.97 Å². The number of aromatic nitrogens is 2. The van der Waals surface area contributed by atoms with Crippen LogP contribution in [0.2, 0.25) is 0 Å². The lowest BCUT2D eigenvalue weighted by atomic mass is 9.92.